The smallest absolute Gasteiger partial charge is 0.311 e. The summed E-state index contributed by atoms with van der Waals surface area (Å²) in [6.07, 6.45) is 0.560. The lowest BCUT2D eigenvalue weighted by atomic mass is 10.2. The van der Waals surface area contributed by atoms with Crippen molar-refractivity contribution >= 4 is 11.9 Å². The molecule has 20 heavy (non-hydrogen) atoms. The van der Waals surface area contributed by atoms with Crippen LogP contribution in [0.15, 0.2) is 18.2 Å². The van der Waals surface area contributed by atoms with Gasteiger partial charge in [-0.2, -0.15) is 0 Å². The first-order valence-corrected chi connectivity index (χ1v) is 6.26. The summed E-state index contributed by atoms with van der Waals surface area (Å²) in [7, 11) is 1.35. The first kappa shape index (κ1) is 15.9. The molecule has 0 saturated carbocycles. The van der Waals surface area contributed by atoms with Crippen molar-refractivity contribution in [1.29, 1.82) is 0 Å². The zero-order valence-electron chi connectivity index (χ0n) is 11.5. The highest BCUT2D eigenvalue weighted by atomic mass is 19.1. The molecule has 0 bridgehead atoms. The van der Waals surface area contributed by atoms with E-state index in [-0.39, 0.29) is 30.3 Å². The average Bonchev–Trinajstić information content (AvgIpc) is 2.41. The molecule has 1 aromatic rings. The number of carbonyl (C=O) groups is 2. The van der Waals surface area contributed by atoms with E-state index in [1.807, 2.05) is 0 Å². The number of halogens is 1. The van der Waals surface area contributed by atoms with Gasteiger partial charge in [0, 0.05) is 18.9 Å². The lowest BCUT2D eigenvalue weighted by Gasteiger charge is -2.09. The predicted molar refractivity (Wildman–Crippen MR) is 69.1 cm³/mol. The summed E-state index contributed by atoms with van der Waals surface area (Å²) in [5.41, 5.74) is 0. The van der Waals surface area contributed by atoms with Crippen molar-refractivity contribution in [3.8, 4) is 11.5 Å². The zero-order valence-corrected chi connectivity index (χ0v) is 11.5. The van der Waals surface area contributed by atoms with Gasteiger partial charge in [-0.15, -0.1) is 0 Å². The first-order chi connectivity index (χ1) is 9.56. The van der Waals surface area contributed by atoms with Gasteiger partial charge in [0.1, 0.15) is 5.82 Å². The van der Waals surface area contributed by atoms with Crippen molar-refractivity contribution in [2.45, 2.75) is 26.2 Å². The lowest BCUT2D eigenvalue weighted by molar-refractivity contribution is -0.143. The fourth-order valence-corrected chi connectivity index (χ4v) is 1.51. The Kier molecular flexibility index (Phi) is 6.49. The second-order valence-corrected chi connectivity index (χ2v) is 3.93. The summed E-state index contributed by atoms with van der Waals surface area (Å²) >= 11 is 0. The standard InChI is InChI=1S/C14H17FO5/c1-3-19-13(16)5-4-6-14(17)20-11-8-7-10(15)9-12(11)18-2/h7-9H,3-6H2,1-2H3. The summed E-state index contributed by atoms with van der Waals surface area (Å²) in [6, 6.07) is 3.61. The maximum absolute atomic E-state index is 13.0. The number of ether oxygens (including phenoxy) is 3. The van der Waals surface area contributed by atoms with Crippen LogP contribution >= 0.6 is 0 Å². The van der Waals surface area contributed by atoms with Gasteiger partial charge in [-0.25, -0.2) is 4.39 Å². The normalized spacial score (nSPS) is 9.95. The summed E-state index contributed by atoms with van der Waals surface area (Å²) in [5, 5.41) is 0. The molecule has 0 aliphatic heterocycles. The van der Waals surface area contributed by atoms with Crippen molar-refractivity contribution in [2.75, 3.05) is 13.7 Å². The molecule has 0 aromatic heterocycles. The van der Waals surface area contributed by atoms with E-state index >= 15 is 0 Å². The van der Waals surface area contributed by atoms with Crippen LogP contribution in [0.2, 0.25) is 0 Å². The van der Waals surface area contributed by atoms with Crippen molar-refractivity contribution in [2.24, 2.45) is 0 Å². The van der Waals surface area contributed by atoms with E-state index in [1.54, 1.807) is 6.92 Å². The Morgan fingerprint density at radius 2 is 1.85 bits per heavy atom. The second kappa shape index (κ2) is 8.14. The van der Waals surface area contributed by atoms with Crippen molar-refractivity contribution in [3.05, 3.63) is 24.0 Å². The first-order valence-electron chi connectivity index (χ1n) is 6.26. The van der Waals surface area contributed by atoms with Crippen LogP contribution in [0.25, 0.3) is 0 Å². The van der Waals surface area contributed by atoms with E-state index in [2.05, 4.69) is 0 Å². The van der Waals surface area contributed by atoms with E-state index in [4.69, 9.17) is 14.2 Å². The Balaban J connectivity index is 2.44. The molecule has 0 N–H and O–H groups in total. The summed E-state index contributed by atoms with van der Waals surface area (Å²) in [6.45, 7) is 2.03. The zero-order chi connectivity index (χ0) is 15.0. The highest BCUT2D eigenvalue weighted by Gasteiger charge is 2.12. The highest BCUT2D eigenvalue weighted by molar-refractivity contribution is 5.74. The number of esters is 2. The number of benzene rings is 1. The molecule has 0 radical (unpaired) electrons. The van der Waals surface area contributed by atoms with Crippen LogP contribution in [-0.4, -0.2) is 25.7 Å². The fourth-order valence-electron chi connectivity index (χ4n) is 1.51. The average molecular weight is 284 g/mol. The maximum atomic E-state index is 13.0. The molecule has 0 atom stereocenters. The van der Waals surface area contributed by atoms with Crippen LogP contribution in [0.1, 0.15) is 26.2 Å². The molecule has 0 heterocycles. The van der Waals surface area contributed by atoms with Gasteiger partial charge < -0.3 is 14.2 Å². The van der Waals surface area contributed by atoms with Gasteiger partial charge in [-0.1, -0.05) is 0 Å². The molecular weight excluding hydrogens is 267 g/mol. The molecule has 0 spiro atoms. The summed E-state index contributed by atoms with van der Waals surface area (Å²) in [5.74, 6) is -1.05. The van der Waals surface area contributed by atoms with Gasteiger partial charge in [0.05, 0.1) is 13.7 Å². The number of hydrogen-bond donors (Lipinski definition) is 0. The van der Waals surface area contributed by atoms with Gasteiger partial charge in [-0.05, 0) is 25.5 Å². The maximum Gasteiger partial charge on any atom is 0.311 e. The van der Waals surface area contributed by atoms with E-state index in [9.17, 15) is 14.0 Å². The van der Waals surface area contributed by atoms with Crippen LogP contribution in [0.3, 0.4) is 0 Å². The third-order valence-electron chi connectivity index (χ3n) is 2.42. The second-order valence-electron chi connectivity index (χ2n) is 3.93. The highest BCUT2D eigenvalue weighted by Crippen LogP contribution is 2.27. The van der Waals surface area contributed by atoms with Crippen LogP contribution in [0, 0.1) is 5.82 Å². The minimum atomic E-state index is -0.515. The molecule has 5 nitrogen and oxygen atoms in total. The molecule has 1 aromatic carbocycles. The predicted octanol–water partition coefficient (Wildman–Crippen LogP) is 2.47. The van der Waals surface area contributed by atoms with Crippen LogP contribution in [-0.2, 0) is 14.3 Å². The molecule has 0 amide bonds. The minimum absolute atomic E-state index is 0.0688. The molecule has 1 rings (SSSR count). The molecule has 6 heteroatoms. The molecule has 0 aliphatic carbocycles. The summed E-state index contributed by atoms with van der Waals surface area (Å²) in [4.78, 5) is 22.7. The largest absolute Gasteiger partial charge is 0.493 e. The number of methoxy groups -OCH3 is 1. The lowest BCUT2D eigenvalue weighted by Crippen LogP contribution is -2.10. The minimum Gasteiger partial charge on any atom is -0.493 e. The van der Waals surface area contributed by atoms with E-state index in [1.165, 1.54) is 19.2 Å². The van der Waals surface area contributed by atoms with Crippen LogP contribution < -0.4 is 9.47 Å². The van der Waals surface area contributed by atoms with E-state index in [0.29, 0.717) is 13.0 Å². The van der Waals surface area contributed by atoms with Gasteiger partial charge in [-0.3, -0.25) is 9.59 Å². The third-order valence-corrected chi connectivity index (χ3v) is 2.42. The van der Waals surface area contributed by atoms with Gasteiger partial charge in [0.2, 0.25) is 0 Å². The number of carbonyl (C=O) groups excluding carboxylic acids is 2. The Morgan fingerprint density at radius 3 is 2.50 bits per heavy atom. The molecule has 110 valence electrons. The summed E-state index contributed by atoms with van der Waals surface area (Å²) < 4.78 is 27.7. The Hall–Kier alpha value is -2.11. The molecule has 0 unspecified atom stereocenters. The van der Waals surface area contributed by atoms with Gasteiger partial charge in [0.15, 0.2) is 11.5 Å². The van der Waals surface area contributed by atoms with Crippen LogP contribution in [0.4, 0.5) is 4.39 Å². The Labute approximate surface area is 116 Å². The van der Waals surface area contributed by atoms with Crippen molar-refractivity contribution < 1.29 is 28.2 Å². The Bertz CT molecular complexity index is 473. The van der Waals surface area contributed by atoms with Crippen molar-refractivity contribution in [3.63, 3.8) is 0 Å². The van der Waals surface area contributed by atoms with Crippen LogP contribution in [0.5, 0.6) is 11.5 Å². The number of hydrogen-bond acceptors (Lipinski definition) is 5. The van der Waals surface area contributed by atoms with E-state index < -0.39 is 11.8 Å². The van der Waals surface area contributed by atoms with Gasteiger partial charge in [0.25, 0.3) is 0 Å². The van der Waals surface area contributed by atoms with E-state index in [0.717, 1.165) is 6.07 Å². The van der Waals surface area contributed by atoms with Crippen molar-refractivity contribution in [1.82, 2.24) is 0 Å². The van der Waals surface area contributed by atoms with Gasteiger partial charge >= 0.3 is 11.9 Å². The quantitative estimate of drug-likeness (QED) is 0.568. The molecule has 0 aliphatic rings. The SMILES string of the molecule is CCOC(=O)CCCC(=O)Oc1ccc(F)cc1OC. The molecule has 0 fully saturated rings. The fraction of sp³-hybridized carbons (Fsp3) is 0.429. The number of rotatable bonds is 7. The molecular formula is C14H17FO5. The third kappa shape index (κ3) is 5.26. The Morgan fingerprint density at radius 1 is 1.15 bits per heavy atom. The monoisotopic (exact) mass is 284 g/mol. The molecule has 0 saturated heterocycles. The topological polar surface area (TPSA) is 61.8 Å².